The Kier molecular flexibility index (Phi) is 2.92. The Hall–Kier alpha value is -2.28. The van der Waals surface area contributed by atoms with Crippen LogP contribution in [0.15, 0.2) is 30.5 Å². The number of hydrogen-bond acceptors (Lipinski definition) is 5. The highest BCUT2D eigenvalue weighted by atomic mass is 32.1. The first kappa shape index (κ1) is 12.5. The van der Waals surface area contributed by atoms with Crippen LogP contribution in [0.1, 0.15) is 24.2 Å². The average molecular weight is 298 g/mol. The molecule has 0 spiro atoms. The monoisotopic (exact) mass is 298 g/mol. The van der Waals surface area contributed by atoms with Gasteiger partial charge < -0.3 is 0 Å². The van der Waals surface area contributed by atoms with E-state index >= 15 is 0 Å². The normalized spacial score (nSPS) is 11.7. The molecule has 0 atom stereocenters. The number of rotatable bonds is 4. The van der Waals surface area contributed by atoms with Crippen LogP contribution in [0.3, 0.4) is 0 Å². The lowest BCUT2D eigenvalue weighted by atomic mass is 10.3. The first-order valence-electron chi connectivity index (χ1n) is 6.95. The molecule has 4 rings (SSSR count). The standard InChI is InChI=1S/C14H14N6S/c1-2-5-12-16-17-14-20(12)18-13(21-14)9-19-11-7-4-3-6-10(11)8-15-19/h3-4,6-8H,2,5,9H2,1H3. The van der Waals surface area contributed by atoms with Crippen molar-refractivity contribution in [3.8, 4) is 0 Å². The number of fused-ring (bicyclic) bond motifs is 2. The molecule has 4 aromatic rings. The van der Waals surface area contributed by atoms with Gasteiger partial charge in [0.1, 0.15) is 5.01 Å². The van der Waals surface area contributed by atoms with E-state index in [1.54, 1.807) is 11.3 Å². The third-order valence-electron chi connectivity index (χ3n) is 3.41. The summed E-state index contributed by atoms with van der Waals surface area (Å²) < 4.78 is 3.83. The summed E-state index contributed by atoms with van der Waals surface area (Å²) in [6, 6.07) is 8.19. The van der Waals surface area contributed by atoms with Crippen LogP contribution in [0.25, 0.3) is 15.9 Å². The molecule has 0 amide bonds. The summed E-state index contributed by atoms with van der Waals surface area (Å²) in [5.74, 6) is 0.931. The van der Waals surface area contributed by atoms with Gasteiger partial charge in [0.2, 0.25) is 4.96 Å². The minimum absolute atomic E-state index is 0.660. The smallest absolute Gasteiger partial charge is 0.234 e. The first-order valence-corrected chi connectivity index (χ1v) is 7.77. The summed E-state index contributed by atoms with van der Waals surface area (Å²) in [5.41, 5.74) is 1.12. The van der Waals surface area contributed by atoms with E-state index in [2.05, 4.69) is 39.5 Å². The minimum atomic E-state index is 0.660. The van der Waals surface area contributed by atoms with Crippen molar-refractivity contribution in [1.82, 2.24) is 29.6 Å². The van der Waals surface area contributed by atoms with Crippen molar-refractivity contribution in [2.24, 2.45) is 0 Å². The summed E-state index contributed by atoms with van der Waals surface area (Å²) in [5, 5.41) is 19.6. The third kappa shape index (κ3) is 2.09. The molecule has 0 fully saturated rings. The predicted molar refractivity (Wildman–Crippen MR) is 81.5 cm³/mol. The Labute approximate surface area is 125 Å². The minimum Gasteiger partial charge on any atom is -0.258 e. The molecule has 106 valence electrons. The number of benzene rings is 1. The Morgan fingerprint density at radius 1 is 1.19 bits per heavy atom. The van der Waals surface area contributed by atoms with Crippen molar-refractivity contribution in [2.75, 3.05) is 0 Å². The molecule has 0 radical (unpaired) electrons. The lowest BCUT2D eigenvalue weighted by Gasteiger charge is -1.99. The number of nitrogens with zero attached hydrogens (tertiary/aromatic N) is 6. The van der Waals surface area contributed by atoms with E-state index in [0.717, 1.165) is 39.5 Å². The van der Waals surface area contributed by atoms with E-state index in [4.69, 9.17) is 0 Å². The van der Waals surface area contributed by atoms with Crippen LogP contribution in [-0.2, 0) is 13.0 Å². The van der Waals surface area contributed by atoms with Crippen molar-refractivity contribution in [2.45, 2.75) is 26.3 Å². The SMILES string of the molecule is CCCc1nnc2sc(Cn3ncc4ccccc43)nn12. The van der Waals surface area contributed by atoms with Crippen molar-refractivity contribution in [3.05, 3.63) is 41.3 Å². The van der Waals surface area contributed by atoms with Crippen LogP contribution in [0.5, 0.6) is 0 Å². The van der Waals surface area contributed by atoms with E-state index in [9.17, 15) is 0 Å². The van der Waals surface area contributed by atoms with Gasteiger partial charge in [-0.15, -0.1) is 10.2 Å². The lowest BCUT2D eigenvalue weighted by Crippen LogP contribution is -2.02. The topological polar surface area (TPSA) is 60.9 Å². The van der Waals surface area contributed by atoms with Crippen molar-refractivity contribution in [3.63, 3.8) is 0 Å². The fourth-order valence-electron chi connectivity index (χ4n) is 2.42. The van der Waals surface area contributed by atoms with Gasteiger partial charge in [-0.2, -0.15) is 14.7 Å². The van der Waals surface area contributed by atoms with Gasteiger partial charge in [-0.25, -0.2) is 0 Å². The van der Waals surface area contributed by atoms with Gasteiger partial charge in [-0.05, 0) is 12.5 Å². The maximum Gasteiger partial charge on any atom is 0.234 e. The van der Waals surface area contributed by atoms with Crippen LogP contribution in [-0.4, -0.2) is 29.6 Å². The highest BCUT2D eigenvalue weighted by Gasteiger charge is 2.12. The average Bonchev–Trinajstić information content (AvgIpc) is 3.17. The third-order valence-corrected chi connectivity index (χ3v) is 4.29. The number of aromatic nitrogens is 6. The van der Waals surface area contributed by atoms with Crippen LogP contribution in [0.4, 0.5) is 0 Å². The van der Waals surface area contributed by atoms with E-state index in [1.807, 2.05) is 27.5 Å². The second-order valence-corrected chi connectivity index (χ2v) is 5.96. The molecule has 21 heavy (non-hydrogen) atoms. The zero-order valence-electron chi connectivity index (χ0n) is 11.6. The fourth-order valence-corrected chi connectivity index (χ4v) is 3.25. The van der Waals surface area contributed by atoms with Gasteiger partial charge in [0.05, 0.1) is 18.3 Å². The predicted octanol–water partition coefficient (Wildman–Crippen LogP) is 2.54. The molecule has 0 aliphatic carbocycles. The molecule has 0 unspecified atom stereocenters. The molecule has 0 N–H and O–H groups in total. The maximum atomic E-state index is 4.62. The second kappa shape index (κ2) is 4.92. The van der Waals surface area contributed by atoms with Crippen molar-refractivity contribution >= 4 is 27.2 Å². The van der Waals surface area contributed by atoms with Crippen molar-refractivity contribution in [1.29, 1.82) is 0 Å². The largest absolute Gasteiger partial charge is 0.258 e. The zero-order chi connectivity index (χ0) is 14.2. The Bertz CT molecular complexity index is 903. The summed E-state index contributed by atoms with van der Waals surface area (Å²) in [7, 11) is 0. The van der Waals surface area contributed by atoms with Gasteiger partial charge in [0, 0.05) is 11.8 Å². The molecule has 6 nitrogen and oxygen atoms in total. The zero-order valence-corrected chi connectivity index (χ0v) is 12.4. The number of aryl methyl sites for hydroxylation is 1. The van der Waals surface area contributed by atoms with E-state index < -0.39 is 0 Å². The first-order chi connectivity index (χ1) is 10.3. The summed E-state index contributed by atoms with van der Waals surface area (Å²) in [6.07, 6.45) is 3.82. The van der Waals surface area contributed by atoms with E-state index in [1.165, 1.54) is 0 Å². The maximum absolute atomic E-state index is 4.62. The molecule has 3 aromatic heterocycles. The molecule has 7 heteroatoms. The highest BCUT2D eigenvalue weighted by Crippen LogP contribution is 2.18. The van der Waals surface area contributed by atoms with E-state index in [-0.39, 0.29) is 0 Å². The fraction of sp³-hybridized carbons (Fsp3) is 0.286. The van der Waals surface area contributed by atoms with Crippen LogP contribution in [0.2, 0.25) is 0 Å². The summed E-state index contributed by atoms with van der Waals surface area (Å²) in [6.45, 7) is 2.79. The van der Waals surface area contributed by atoms with Crippen LogP contribution >= 0.6 is 11.3 Å². The Morgan fingerprint density at radius 2 is 2.10 bits per heavy atom. The van der Waals surface area contributed by atoms with Crippen LogP contribution < -0.4 is 0 Å². The molecular weight excluding hydrogens is 284 g/mol. The van der Waals surface area contributed by atoms with E-state index in [0.29, 0.717) is 6.54 Å². The summed E-state index contributed by atoms with van der Waals surface area (Å²) in [4.78, 5) is 0.852. The van der Waals surface area contributed by atoms with Gasteiger partial charge >= 0.3 is 0 Å². The quantitative estimate of drug-likeness (QED) is 0.581. The van der Waals surface area contributed by atoms with Gasteiger partial charge in [-0.1, -0.05) is 36.5 Å². The second-order valence-electron chi connectivity index (χ2n) is 4.92. The van der Waals surface area contributed by atoms with Gasteiger partial charge in [-0.3, -0.25) is 4.68 Å². The number of para-hydroxylation sites is 1. The Morgan fingerprint density at radius 3 is 3.00 bits per heavy atom. The van der Waals surface area contributed by atoms with Gasteiger partial charge in [0.15, 0.2) is 5.82 Å². The molecule has 0 aliphatic rings. The number of hydrogen-bond donors (Lipinski definition) is 0. The molecule has 0 aliphatic heterocycles. The molecule has 0 saturated carbocycles. The molecule has 0 saturated heterocycles. The Balaban J connectivity index is 1.70. The molecular formula is C14H14N6S. The van der Waals surface area contributed by atoms with Gasteiger partial charge in [0.25, 0.3) is 0 Å². The van der Waals surface area contributed by atoms with Crippen LogP contribution in [0, 0.1) is 0 Å². The molecule has 3 heterocycles. The summed E-state index contributed by atoms with van der Waals surface area (Å²) >= 11 is 1.57. The highest BCUT2D eigenvalue weighted by molar-refractivity contribution is 7.16. The lowest BCUT2D eigenvalue weighted by molar-refractivity contribution is 0.686. The molecule has 1 aromatic carbocycles. The molecule has 0 bridgehead atoms. The van der Waals surface area contributed by atoms with Crippen molar-refractivity contribution < 1.29 is 0 Å².